The Morgan fingerprint density at radius 3 is 2.47 bits per heavy atom. The van der Waals surface area contributed by atoms with Crippen LogP contribution in [0.2, 0.25) is 0 Å². The molecule has 1 saturated carbocycles. The van der Waals surface area contributed by atoms with E-state index < -0.39 is 26.5 Å². The molecule has 1 amide bonds. The highest BCUT2D eigenvalue weighted by Gasteiger charge is 2.29. The van der Waals surface area contributed by atoms with Crippen LogP contribution in [0.15, 0.2) is 58.2 Å². The average Bonchev–Trinajstić information content (AvgIpc) is 3.63. The van der Waals surface area contributed by atoms with Gasteiger partial charge in [-0.15, -0.1) is 0 Å². The second-order valence-corrected chi connectivity index (χ2v) is 10.8. The summed E-state index contributed by atoms with van der Waals surface area (Å²) in [5.74, 6) is -0.514. The lowest BCUT2D eigenvalue weighted by Gasteiger charge is -2.25. The maximum absolute atomic E-state index is 13.9. The maximum Gasteiger partial charge on any atom is 0.283 e. The quantitative estimate of drug-likeness (QED) is 0.316. The molecular formula is C22H18BrFN4O5S. The van der Waals surface area contributed by atoms with Crippen LogP contribution < -0.4 is 4.90 Å². The Kier molecular flexibility index (Phi) is 6.45. The molecule has 0 N–H and O–H groups in total. The third-order valence-corrected chi connectivity index (χ3v) is 7.06. The third kappa shape index (κ3) is 5.12. The highest BCUT2D eigenvalue weighted by atomic mass is 79.9. The molecule has 1 fully saturated rings. The van der Waals surface area contributed by atoms with Crippen molar-refractivity contribution in [1.82, 2.24) is 9.97 Å². The lowest BCUT2D eigenvalue weighted by Crippen LogP contribution is -2.32. The van der Waals surface area contributed by atoms with Gasteiger partial charge in [-0.25, -0.2) is 22.8 Å². The van der Waals surface area contributed by atoms with Gasteiger partial charge < -0.3 is 4.90 Å². The van der Waals surface area contributed by atoms with Crippen LogP contribution in [0, 0.1) is 15.9 Å². The van der Waals surface area contributed by atoms with Crippen molar-refractivity contribution < 1.29 is 22.5 Å². The van der Waals surface area contributed by atoms with E-state index in [1.54, 1.807) is 6.07 Å². The molecule has 1 heterocycles. The van der Waals surface area contributed by atoms with E-state index in [1.165, 1.54) is 30.6 Å². The van der Waals surface area contributed by atoms with Crippen molar-refractivity contribution in [1.29, 1.82) is 0 Å². The molecule has 0 radical (unpaired) electrons. The minimum Gasteiger partial charge on any atom is -0.303 e. The van der Waals surface area contributed by atoms with E-state index in [1.807, 2.05) is 0 Å². The number of halogens is 2. The molecule has 12 heteroatoms. The van der Waals surface area contributed by atoms with Gasteiger partial charge in [0.15, 0.2) is 9.84 Å². The molecule has 1 aliphatic carbocycles. The molecule has 34 heavy (non-hydrogen) atoms. The first-order valence-electron chi connectivity index (χ1n) is 10.1. The molecule has 2 aromatic carbocycles. The minimum atomic E-state index is -3.93. The Morgan fingerprint density at radius 2 is 1.88 bits per heavy atom. The van der Waals surface area contributed by atoms with Crippen LogP contribution in [0.4, 0.5) is 15.8 Å². The van der Waals surface area contributed by atoms with Crippen molar-refractivity contribution >= 4 is 43.0 Å². The number of benzene rings is 2. The molecule has 4 rings (SSSR count). The van der Waals surface area contributed by atoms with Gasteiger partial charge in [-0.3, -0.25) is 14.9 Å². The molecular weight excluding hydrogens is 531 g/mol. The van der Waals surface area contributed by atoms with Crippen molar-refractivity contribution in [3.05, 3.63) is 86.1 Å². The summed E-state index contributed by atoms with van der Waals surface area (Å²) >= 11 is 3.12. The number of carbonyl (C=O) groups excluding carboxylic acids is 1. The van der Waals surface area contributed by atoms with Gasteiger partial charge in [0, 0.05) is 30.6 Å². The first-order valence-corrected chi connectivity index (χ1v) is 12.8. The molecule has 9 nitrogen and oxygen atoms in total. The zero-order valence-electron chi connectivity index (χ0n) is 17.8. The number of nitro groups is 1. The van der Waals surface area contributed by atoms with Gasteiger partial charge in [0.05, 0.1) is 32.1 Å². The lowest BCUT2D eigenvalue weighted by molar-refractivity contribution is -0.385. The Morgan fingerprint density at radius 1 is 1.21 bits per heavy atom. The van der Waals surface area contributed by atoms with Crippen LogP contribution in [-0.4, -0.2) is 35.5 Å². The van der Waals surface area contributed by atoms with E-state index in [-0.39, 0.29) is 38.8 Å². The molecule has 1 aromatic heterocycles. The smallest absolute Gasteiger partial charge is 0.283 e. The molecule has 0 saturated heterocycles. The number of hydrogen-bond donors (Lipinski definition) is 0. The summed E-state index contributed by atoms with van der Waals surface area (Å²) in [4.78, 5) is 33.5. The number of nitrogens with zero attached hydrogens (tertiary/aromatic N) is 4. The average molecular weight is 549 g/mol. The predicted octanol–water partition coefficient (Wildman–Crippen LogP) is 4.41. The highest BCUT2D eigenvalue weighted by Crippen LogP contribution is 2.38. The summed E-state index contributed by atoms with van der Waals surface area (Å²) in [6.07, 6.45) is 5.60. The second-order valence-electron chi connectivity index (χ2n) is 7.92. The molecule has 3 aromatic rings. The van der Waals surface area contributed by atoms with E-state index in [0.29, 0.717) is 11.4 Å². The van der Waals surface area contributed by atoms with E-state index >= 15 is 0 Å². The van der Waals surface area contributed by atoms with Gasteiger partial charge >= 0.3 is 0 Å². The summed E-state index contributed by atoms with van der Waals surface area (Å²) in [6, 6.07) is 7.37. The summed E-state index contributed by atoms with van der Waals surface area (Å²) < 4.78 is 39.0. The number of carbonyl (C=O) groups is 1. The highest BCUT2D eigenvalue weighted by molar-refractivity contribution is 9.10. The SMILES string of the molecule is CS(=O)(=O)c1cc(F)ccc1N(Cc1ccc(Br)c([N+](=O)[O-])c1)C(=O)c1cnc(C2CC2)nc1. The molecule has 176 valence electrons. The van der Waals surface area contributed by atoms with Crippen LogP contribution in [-0.2, 0) is 16.4 Å². The summed E-state index contributed by atoms with van der Waals surface area (Å²) in [6.45, 7) is -0.217. The molecule has 0 bridgehead atoms. The number of anilines is 1. The van der Waals surface area contributed by atoms with Crippen molar-refractivity contribution in [2.75, 3.05) is 11.2 Å². The van der Waals surface area contributed by atoms with Crippen molar-refractivity contribution in [3.8, 4) is 0 Å². The third-order valence-electron chi connectivity index (χ3n) is 5.27. The maximum atomic E-state index is 13.9. The number of nitro benzene ring substituents is 1. The fourth-order valence-corrected chi connectivity index (χ4v) is 4.69. The molecule has 0 spiro atoms. The van der Waals surface area contributed by atoms with E-state index in [0.717, 1.165) is 36.1 Å². The molecule has 0 atom stereocenters. The number of amides is 1. The van der Waals surface area contributed by atoms with Crippen molar-refractivity contribution in [3.63, 3.8) is 0 Å². The van der Waals surface area contributed by atoms with E-state index in [4.69, 9.17) is 0 Å². The van der Waals surface area contributed by atoms with Crippen LogP contribution in [0.3, 0.4) is 0 Å². The minimum absolute atomic E-state index is 0.0641. The zero-order valence-corrected chi connectivity index (χ0v) is 20.2. The number of sulfone groups is 1. The van der Waals surface area contributed by atoms with Gasteiger partial charge in [-0.1, -0.05) is 6.07 Å². The van der Waals surface area contributed by atoms with Crippen LogP contribution >= 0.6 is 15.9 Å². The fraction of sp³-hybridized carbons (Fsp3) is 0.227. The lowest BCUT2D eigenvalue weighted by atomic mass is 10.1. The van der Waals surface area contributed by atoms with Crippen LogP contribution in [0.1, 0.15) is 40.5 Å². The van der Waals surface area contributed by atoms with Crippen LogP contribution in [0.5, 0.6) is 0 Å². The van der Waals surface area contributed by atoms with Gasteiger partial charge in [-0.2, -0.15) is 0 Å². The largest absolute Gasteiger partial charge is 0.303 e. The zero-order chi connectivity index (χ0) is 24.6. The van der Waals surface area contributed by atoms with Crippen LogP contribution in [0.25, 0.3) is 0 Å². The summed E-state index contributed by atoms with van der Waals surface area (Å²) in [5.41, 5.74) is 0.178. The fourth-order valence-electron chi connectivity index (χ4n) is 3.41. The number of aromatic nitrogens is 2. The Labute approximate surface area is 202 Å². The van der Waals surface area contributed by atoms with E-state index in [2.05, 4.69) is 25.9 Å². The Balaban J connectivity index is 1.81. The number of hydrogen-bond acceptors (Lipinski definition) is 7. The normalized spacial score (nSPS) is 13.5. The van der Waals surface area contributed by atoms with Crippen molar-refractivity contribution in [2.45, 2.75) is 30.2 Å². The molecule has 0 unspecified atom stereocenters. The predicted molar refractivity (Wildman–Crippen MR) is 125 cm³/mol. The second kappa shape index (κ2) is 9.18. The molecule has 1 aliphatic rings. The standard InChI is InChI=1S/C22H18BrFN4O5S/c1-34(32,33)20-9-16(24)5-7-18(20)27(12-13-2-6-17(23)19(8-13)28(30)31)22(29)15-10-25-21(26-11-15)14-3-4-14/h2,5-11,14H,3-4,12H2,1H3. The van der Waals surface area contributed by atoms with Gasteiger partial charge in [-0.05, 0) is 58.6 Å². The Hall–Kier alpha value is -3.25. The summed E-state index contributed by atoms with van der Waals surface area (Å²) in [5, 5.41) is 11.4. The van der Waals surface area contributed by atoms with Gasteiger partial charge in [0.25, 0.3) is 11.6 Å². The van der Waals surface area contributed by atoms with Crippen molar-refractivity contribution in [2.24, 2.45) is 0 Å². The monoisotopic (exact) mass is 548 g/mol. The topological polar surface area (TPSA) is 123 Å². The molecule has 0 aliphatic heterocycles. The Bertz CT molecular complexity index is 1390. The number of rotatable bonds is 7. The van der Waals surface area contributed by atoms with Gasteiger partial charge in [0.2, 0.25) is 0 Å². The first kappa shape index (κ1) is 23.9. The van der Waals surface area contributed by atoms with Gasteiger partial charge in [0.1, 0.15) is 11.6 Å². The first-order chi connectivity index (χ1) is 16.0. The summed E-state index contributed by atoms with van der Waals surface area (Å²) in [7, 11) is -3.93. The van der Waals surface area contributed by atoms with E-state index in [9.17, 15) is 27.7 Å².